The van der Waals surface area contributed by atoms with Gasteiger partial charge in [-0.3, -0.25) is 14.4 Å². The molecule has 0 saturated carbocycles. The first kappa shape index (κ1) is 21.6. The van der Waals surface area contributed by atoms with Crippen LogP contribution in [0.15, 0.2) is 78.9 Å². The van der Waals surface area contributed by atoms with Crippen molar-refractivity contribution in [2.45, 2.75) is 12.1 Å². The molecule has 3 aromatic carbocycles. The number of nitrogens with zero attached hydrogens (tertiary/aromatic N) is 2. The van der Waals surface area contributed by atoms with Gasteiger partial charge in [0.05, 0.1) is 23.6 Å². The van der Waals surface area contributed by atoms with Gasteiger partial charge in [0.15, 0.2) is 0 Å². The number of hydrogen-bond donors (Lipinski definition) is 1. The van der Waals surface area contributed by atoms with E-state index in [0.717, 1.165) is 22.2 Å². The molecule has 0 unspecified atom stereocenters. The first-order chi connectivity index (χ1) is 16.9. The number of halogens is 2. The molecule has 174 valence electrons. The zero-order chi connectivity index (χ0) is 24.3. The van der Waals surface area contributed by atoms with Crippen LogP contribution in [-0.2, 0) is 14.4 Å². The molecule has 0 spiro atoms. The Balaban J connectivity index is 1.44. The Kier molecular flexibility index (Phi) is 4.96. The van der Waals surface area contributed by atoms with Crippen LogP contribution in [0.4, 0.5) is 21.5 Å². The van der Waals surface area contributed by atoms with E-state index in [0.29, 0.717) is 10.7 Å². The maximum atomic E-state index is 13.9. The third-order valence-electron chi connectivity index (χ3n) is 6.86. The number of benzene rings is 3. The number of hydrogen-bond acceptors (Lipinski definition) is 4. The van der Waals surface area contributed by atoms with Gasteiger partial charge in [-0.25, -0.2) is 9.29 Å². The maximum Gasteiger partial charge on any atom is 0.247 e. The second kappa shape index (κ2) is 8.06. The summed E-state index contributed by atoms with van der Waals surface area (Å²) in [5.74, 6) is -3.62. The number of rotatable bonds is 3. The molecule has 2 fully saturated rings. The molecular formula is C27H19ClFN3O3. The first-order valence-electron chi connectivity index (χ1n) is 11.2. The molecule has 6 nitrogen and oxygen atoms in total. The Morgan fingerprint density at radius 2 is 1.66 bits per heavy atom. The molecular weight excluding hydrogens is 469 g/mol. The van der Waals surface area contributed by atoms with Crippen LogP contribution in [0.3, 0.4) is 0 Å². The van der Waals surface area contributed by atoms with Crippen LogP contribution in [0.1, 0.15) is 5.56 Å². The van der Waals surface area contributed by atoms with E-state index in [1.807, 2.05) is 41.3 Å². The number of amides is 3. The molecule has 3 aromatic rings. The van der Waals surface area contributed by atoms with Gasteiger partial charge in [0.25, 0.3) is 0 Å². The summed E-state index contributed by atoms with van der Waals surface area (Å²) in [6.07, 6.45) is 3.78. The molecule has 35 heavy (non-hydrogen) atoms. The quantitative estimate of drug-likeness (QED) is 0.552. The Hall–Kier alpha value is -3.97. The SMILES string of the molecule is O=C(Nc1ccc(Cl)cc1)[C@@H]1[C@@H]2C(=O)N(c3cccc(F)c3)C(=O)[C@@H]2[C@@H]2C=Cc3ccccc3N12. The van der Waals surface area contributed by atoms with E-state index in [2.05, 4.69) is 5.32 Å². The van der Waals surface area contributed by atoms with Crippen LogP contribution in [0.2, 0.25) is 5.02 Å². The van der Waals surface area contributed by atoms with Gasteiger partial charge in [0, 0.05) is 16.4 Å². The highest BCUT2D eigenvalue weighted by atomic mass is 35.5. The molecule has 0 aromatic heterocycles. The molecule has 3 heterocycles. The normalized spacial score (nSPS) is 24.3. The van der Waals surface area contributed by atoms with Gasteiger partial charge in [-0.05, 0) is 54.1 Å². The van der Waals surface area contributed by atoms with Crippen molar-refractivity contribution in [1.82, 2.24) is 0 Å². The standard InChI is InChI=1S/C27H19ClFN3O3/c28-16-9-11-18(12-10-16)30-25(33)24-23-22(21-13-8-15-4-1-2-7-20(15)32(21)24)26(34)31(27(23)35)19-6-3-5-17(29)14-19/h1-14,21-24H,(H,30,33)/t21-,22+,23+,24-/m0/s1. The van der Waals surface area contributed by atoms with Gasteiger partial charge in [-0.1, -0.05) is 48.0 Å². The van der Waals surface area contributed by atoms with Crippen LogP contribution in [0, 0.1) is 17.7 Å². The van der Waals surface area contributed by atoms with E-state index in [1.54, 1.807) is 24.3 Å². The molecule has 0 radical (unpaired) electrons. The predicted molar refractivity (Wildman–Crippen MR) is 131 cm³/mol. The lowest BCUT2D eigenvalue weighted by atomic mass is 9.88. The van der Waals surface area contributed by atoms with Crippen LogP contribution in [0.25, 0.3) is 6.08 Å². The maximum absolute atomic E-state index is 13.9. The summed E-state index contributed by atoms with van der Waals surface area (Å²) in [6.45, 7) is 0. The van der Waals surface area contributed by atoms with Gasteiger partial charge < -0.3 is 10.2 Å². The van der Waals surface area contributed by atoms with Crippen molar-refractivity contribution in [3.05, 3.63) is 95.3 Å². The molecule has 4 atom stereocenters. The molecule has 0 aliphatic carbocycles. The average molecular weight is 488 g/mol. The minimum atomic E-state index is -0.943. The van der Waals surface area contributed by atoms with Crippen molar-refractivity contribution in [1.29, 1.82) is 0 Å². The summed E-state index contributed by atoms with van der Waals surface area (Å²) < 4.78 is 13.9. The number of fused-ring (bicyclic) bond motifs is 5. The molecule has 1 N–H and O–H groups in total. The second-order valence-corrected chi connectivity index (χ2v) is 9.24. The molecule has 6 rings (SSSR count). The van der Waals surface area contributed by atoms with Gasteiger partial charge in [-0.2, -0.15) is 0 Å². The van der Waals surface area contributed by atoms with Crippen LogP contribution in [-0.4, -0.2) is 29.8 Å². The van der Waals surface area contributed by atoms with Crippen LogP contribution < -0.4 is 15.1 Å². The molecule has 3 aliphatic rings. The zero-order valence-electron chi connectivity index (χ0n) is 18.3. The summed E-state index contributed by atoms with van der Waals surface area (Å²) in [5.41, 5.74) is 2.37. The van der Waals surface area contributed by atoms with Crippen molar-refractivity contribution in [3.8, 4) is 0 Å². The number of carbonyl (C=O) groups is 3. The molecule has 8 heteroatoms. The van der Waals surface area contributed by atoms with Gasteiger partial charge in [0.1, 0.15) is 11.9 Å². The number of nitrogens with one attached hydrogen (secondary N) is 1. The van der Waals surface area contributed by atoms with E-state index in [4.69, 9.17) is 11.6 Å². The Bertz CT molecular complexity index is 1410. The molecule has 3 aliphatic heterocycles. The number of imide groups is 1. The monoisotopic (exact) mass is 487 g/mol. The van der Waals surface area contributed by atoms with E-state index >= 15 is 0 Å². The minimum Gasteiger partial charge on any atom is -0.351 e. The summed E-state index contributed by atoms with van der Waals surface area (Å²) in [4.78, 5) is 43.9. The third-order valence-corrected chi connectivity index (χ3v) is 7.11. The fourth-order valence-electron chi connectivity index (χ4n) is 5.43. The summed E-state index contributed by atoms with van der Waals surface area (Å²) >= 11 is 5.97. The van der Waals surface area contributed by atoms with E-state index in [1.165, 1.54) is 18.2 Å². The smallest absolute Gasteiger partial charge is 0.247 e. The molecule has 2 saturated heterocycles. The minimum absolute atomic E-state index is 0.165. The predicted octanol–water partition coefficient (Wildman–Crippen LogP) is 4.51. The van der Waals surface area contributed by atoms with E-state index < -0.39 is 47.5 Å². The van der Waals surface area contributed by atoms with Gasteiger partial charge in [-0.15, -0.1) is 0 Å². The van der Waals surface area contributed by atoms with Crippen molar-refractivity contribution < 1.29 is 18.8 Å². The van der Waals surface area contributed by atoms with E-state index in [9.17, 15) is 18.8 Å². The lowest BCUT2D eigenvalue weighted by Crippen LogP contribution is -2.50. The average Bonchev–Trinajstić information content (AvgIpc) is 3.33. The van der Waals surface area contributed by atoms with Gasteiger partial charge >= 0.3 is 0 Å². The lowest BCUT2D eigenvalue weighted by Gasteiger charge is -2.36. The molecule has 3 amide bonds. The highest BCUT2D eigenvalue weighted by Gasteiger charge is 2.64. The van der Waals surface area contributed by atoms with Gasteiger partial charge in [0.2, 0.25) is 17.7 Å². The highest BCUT2D eigenvalue weighted by Crippen LogP contribution is 2.49. The second-order valence-electron chi connectivity index (χ2n) is 8.80. The summed E-state index contributed by atoms with van der Waals surface area (Å²) in [7, 11) is 0. The number of anilines is 3. The largest absolute Gasteiger partial charge is 0.351 e. The van der Waals surface area contributed by atoms with Crippen molar-refractivity contribution >= 4 is 52.5 Å². The van der Waals surface area contributed by atoms with Crippen LogP contribution in [0.5, 0.6) is 0 Å². The molecule has 0 bridgehead atoms. The fourth-order valence-corrected chi connectivity index (χ4v) is 5.56. The summed E-state index contributed by atoms with van der Waals surface area (Å²) in [5, 5.41) is 3.41. The number of carbonyl (C=O) groups excluding carboxylic acids is 3. The first-order valence-corrected chi connectivity index (χ1v) is 11.6. The van der Waals surface area contributed by atoms with Crippen molar-refractivity contribution in [3.63, 3.8) is 0 Å². The Labute approximate surface area is 205 Å². The van der Waals surface area contributed by atoms with Crippen molar-refractivity contribution in [2.24, 2.45) is 11.8 Å². The lowest BCUT2D eigenvalue weighted by molar-refractivity contribution is -0.126. The third kappa shape index (κ3) is 3.34. The Morgan fingerprint density at radius 3 is 2.43 bits per heavy atom. The number of para-hydroxylation sites is 1. The zero-order valence-corrected chi connectivity index (χ0v) is 19.0. The highest BCUT2D eigenvalue weighted by molar-refractivity contribution is 6.30. The Morgan fingerprint density at radius 1 is 0.914 bits per heavy atom. The van der Waals surface area contributed by atoms with Crippen molar-refractivity contribution in [2.75, 3.05) is 15.1 Å². The van der Waals surface area contributed by atoms with Crippen LogP contribution >= 0.6 is 11.6 Å². The van der Waals surface area contributed by atoms with E-state index in [-0.39, 0.29) is 5.69 Å². The fraction of sp³-hybridized carbons (Fsp3) is 0.148. The summed E-state index contributed by atoms with van der Waals surface area (Å²) in [6, 6.07) is 18.2. The topological polar surface area (TPSA) is 69.7 Å².